The van der Waals surface area contributed by atoms with E-state index in [1.54, 1.807) is 13.3 Å². The van der Waals surface area contributed by atoms with Crippen LogP contribution in [0, 0.1) is 0 Å². The number of benzene rings is 2. The van der Waals surface area contributed by atoms with Gasteiger partial charge in [-0.1, -0.05) is 55.1 Å². The number of ether oxygens (including phenoxy) is 2. The fourth-order valence-corrected chi connectivity index (χ4v) is 3.11. The summed E-state index contributed by atoms with van der Waals surface area (Å²) in [4.78, 5) is 0. The zero-order chi connectivity index (χ0) is 20.2. The first-order chi connectivity index (χ1) is 13.7. The van der Waals surface area contributed by atoms with Crippen LogP contribution in [0.15, 0.2) is 65.3 Å². The van der Waals surface area contributed by atoms with E-state index < -0.39 is 0 Å². The average molecular weight is 398 g/mol. The lowest BCUT2D eigenvalue weighted by atomic mass is 10.1. The molecule has 28 heavy (non-hydrogen) atoms. The fourth-order valence-electron chi connectivity index (χ4n) is 2.50. The van der Waals surface area contributed by atoms with Crippen molar-refractivity contribution in [2.75, 3.05) is 13.7 Å². The van der Waals surface area contributed by atoms with Crippen LogP contribution in [0.1, 0.15) is 30.0 Å². The van der Waals surface area contributed by atoms with Crippen molar-refractivity contribution >= 4 is 23.1 Å². The maximum Gasteiger partial charge on any atom is 0.180 e. The van der Waals surface area contributed by atoms with Crippen molar-refractivity contribution in [3.8, 4) is 11.5 Å². The Morgan fingerprint density at radius 1 is 1.25 bits per heavy atom. The van der Waals surface area contributed by atoms with Gasteiger partial charge in [-0.25, -0.2) is 0 Å². The normalized spacial score (nSPS) is 11.6. The van der Waals surface area contributed by atoms with Crippen molar-refractivity contribution in [1.29, 1.82) is 0 Å². The number of rotatable bonds is 10. The van der Waals surface area contributed by atoms with E-state index in [1.165, 1.54) is 17.3 Å². The summed E-state index contributed by atoms with van der Waals surface area (Å²) >= 11 is 1.45. The molecule has 0 radical (unpaired) electrons. The van der Waals surface area contributed by atoms with Gasteiger partial charge in [-0.15, -0.1) is 11.7 Å². The molecular weight excluding hydrogens is 370 g/mol. The van der Waals surface area contributed by atoms with Crippen molar-refractivity contribution in [1.82, 2.24) is 0 Å². The van der Waals surface area contributed by atoms with Crippen LogP contribution in [0.3, 0.4) is 0 Å². The molecular formula is C22H27N3O2S. The van der Waals surface area contributed by atoms with Gasteiger partial charge in [0.1, 0.15) is 0 Å². The van der Waals surface area contributed by atoms with E-state index in [2.05, 4.69) is 35.8 Å². The van der Waals surface area contributed by atoms with Crippen molar-refractivity contribution in [3.05, 3.63) is 71.8 Å². The first-order valence-corrected chi connectivity index (χ1v) is 10.1. The monoisotopic (exact) mass is 397 g/mol. The van der Waals surface area contributed by atoms with Crippen LogP contribution in [0.2, 0.25) is 0 Å². The van der Waals surface area contributed by atoms with E-state index in [4.69, 9.17) is 15.2 Å². The van der Waals surface area contributed by atoms with Crippen LogP contribution in [-0.2, 0) is 12.2 Å². The summed E-state index contributed by atoms with van der Waals surface area (Å²) in [5.41, 5.74) is 8.99. The van der Waals surface area contributed by atoms with Gasteiger partial charge >= 0.3 is 0 Å². The quantitative estimate of drug-likeness (QED) is 0.271. The molecule has 0 aromatic heterocycles. The molecule has 0 fully saturated rings. The lowest BCUT2D eigenvalue weighted by molar-refractivity contribution is 0.291. The Bertz CT molecular complexity index is 820. The number of allylic oxidation sites excluding steroid dienone is 1. The summed E-state index contributed by atoms with van der Waals surface area (Å²) < 4.78 is 11.4. The molecule has 2 aromatic carbocycles. The second-order valence-electron chi connectivity index (χ2n) is 6.01. The summed E-state index contributed by atoms with van der Waals surface area (Å²) in [6.07, 6.45) is 5.10. The van der Waals surface area contributed by atoms with Gasteiger partial charge in [-0.3, -0.25) is 0 Å². The van der Waals surface area contributed by atoms with Gasteiger partial charge in [-0.2, -0.15) is 5.10 Å². The molecule has 2 aromatic rings. The molecule has 0 amide bonds. The molecule has 0 spiro atoms. The predicted molar refractivity (Wildman–Crippen MR) is 120 cm³/mol. The number of nitrogens with two attached hydrogens (primary N) is 1. The molecule has 5 nitrogen and oxygen atoms in total. The highest BCUT2D eigenvalue weighted by Gasteiger charge is 2.12. The molecule has 0 aliphatic heterocycles. The van der Waals surface area contributed by atoms with Crippen LogP contribution in [0.5, 0.6) is 11.5 Å². The Balaban J connectivity index is 2.10. The fraction of sp³-hybridized carbons (Fsp3) is 0.273. The number of nitrogens with zero attached hydrogens (tertiary/aromatic N) is 2. The minimum atomic E-state index is 0.418. The molecule has 148 valence electrons. The maximum absolute atomic E-state index is 5.94. The van der Waals surface area contributed by atoms with Crippen LogP contribution in [0.25, 0.3) is 0 Å². The van der Waals surface area contributed by atoms with Crippen LogP contribution in [-0.4, -0.2) is 25.1 Å². The Hall–Kier alpha value is -2.73. The molecule has 0 unspecified atom stereocenters. The first-order valence-electron chi connectivity index (χ1n) is 9.15. The van der Waals surface area contributed by atoms with Gasteiger partial charge in [0.25, 0.3) is 0 Å². The molecule has 0 aliphatic carbocycles. The summed E-state index contributed by atoms with van der Waals surface area (Å²) in [5.74, 6) is 2.18. The Kier molecular flexibility index (Phi) is 9.15. The van der Waals surface area contributed by atoms with E-state index >= 15 is 0 Å². The topological polar surface area (TPSA) is 69.2 Å². The molecule has 2 N–H and O–H groups in total. The second kappa shape index (κ2) is 11.9. The molecule has 0 atom stereocenters. The Morgan fingerprint density at radius 3 is 2.71 bits per heavy atom. The molecule has 0 bridgehead atoms. The zero-order valence-electron chi connectivity index (χ0n) is 16.4. The van der Waals surface area contributed by atoms with Crippen LogP contribution < -0.4 is 15.2 Å². The summed E-state index contributed by atoms with van der Waals surface area (Å²) in [6, 6.07) is 14.0. The van der Waals surface area contributed by atoms with Crippen molar-refractivity contribution in [2.45, 2.75) is 25.5 Å². The minimum absolute atomic E-state index is 0.418. The van der Waals surface area contributed by atoms with E-state index in [1.807, 2.05) is 36.4 Å². The van der Waals surface area contributed by atoms with E-state index in [-0.39, 0.29) is 0 Å². The minimum Gasteiger partial charge on any atom is -0.493 e. The summed E-state index contributed by atoms with van der Waals surface area (Å²) in [7, 11) is 1.63. The number of methoxy groups -OCH3 is 1. The van der Waals surface area contributed by atoms with E-state index in [9.17, 15) is 0 Å². The SMILES string of the molecule is C=CCc1cc(C=NN=C(N)SCc2ccccc2)cc(OC)c1OCCC. The zero-order valence-corrected chi connectivity index (χ0v) is 17.2. The van der Waals surface area contributed by atoms with Gasteiger partial charge in [0.15, 0.2) is 16.7 Å². The summed E-state index contributed by atoms with van der Waals surface area (Å²) in [6.45, 7) is 6.52. The highest BCUT2D eigenvalue weighted by molar-refractivity contribution is 8.13. The van der Waals surface area contributed by atoms with E-state index in [0.29, 0.717) is 23.9 Å². The smallest absolute Gasteiger partial charge is 0.180 e. The molecule has 2 rings (SSSR count). The largest absolute Gasteiger partial charge is 0.493 e. The molecule has 6 heteroatoms. The number of hydrogen-bond acceptors (Lipinski definition) is 5. The number of thioether (sulfide) groups is 1. The standard InChI is InChI=1S/C22H27N3O2S/c1-4-9-19-13-18(14-20(26-3)21(19)27-12-5-2)15-24-25-22(23)28-16-17-10-7-6-8-11-17/h4,6-8,10-11,13-15H,1,5,9,12,16H2,2-3H3,(H2,23,25). The Morgan fingerprint density at radius 2 is 2.04 bits per heavy atom. The third kappa shape index (κ3) is 6.78. The van der Waals surface area contributed by atoms with E-state index in [0.717, 1.165) is 29.1 Å². The highest BCUT2D eigenvalue weighted by atomic mass is 32.2. The predicted octanol–water partition coefficient (Wildman–Crippen LogP) is 4.79. The van der Waals surface area contributed by atoms with Crippen molar-refractivity contribution in [3.63, 3.8) is 0 Å². The lowest BCUT2D eigenvalue weighted by Gasteiger charge is -2.15. The number of amidine groups is 1. The van der Waals surface area contributed by atoms with Crippen LogP contribution in [0.4, 0.5) is 0 Å². The Labute approximate surface area is 171 Å². The van der Waals surface area contributed by atoms with Crippen molar-refractivity contribution < 1.29 is 9.47 Å². The van der Waals surface area contributed by atoms with Crippen LogP contribution >= 0.6 is 11.8 Å². The number of hydrogen-bond donors (Lipinski definition) is 1. The third-order valence-electron chi connectivity index (χ3n) is 3.78. The highest BCUT2D eigenvalue weighted by Crippen LogP contribution is 2.33. The first kappa shape index (κ1) is 21.6. The van der Waals surface area contributed by atoms with Gasteiger partial charge in [0, 0.05) is 11.3 Å². The molecule has 0 heterocycles. The van der Waals surface area contributed by atoms with Gasteiger partial charge in [0.05, 0.1) is 19.9 Å². The van der Waals surface area contributed by atoms with Gasteiger partial charge in [0.2, 0.25) is 0 Å². The molecule has 0 saturated heterocycles. The lowest BCUT2D eigenvalue weighted by Crippen LogP contribution is -2.06. The average Bonchev–Trinajstić information content (AvgIpc) is 2.72. The second-order valence-corrected chi connectivity index (χ2v) is 7.01. The van der Waals surface area contributed by atoms with Gasteiger partial charge < -0.3 is 15.2 Å². The maximum atomic E-state index is 5.94. The third-order valence-corrected chi connectivity index (χ3v) is 4.64. The molecule has 0 saturated carbocycles. The summed E-state index contributed by atoms with van der Waals surface area (Å²) in [5, 5.41) is 8.61. The van der Waals surface area contributed by atoms with Crippen molar-refractivity contribution in [2.24, 2.45) is 15.9 Å². The van der Waals surface area contributed by atoms with Gasteiger partial charge in [-0.05, 0) is 36.1 Å². The molecule has 0 aliphatic rings.